The summed E-state index contributed by atoms with van der Waals surface area (Å²) in [7, 11) is 0. The predicted molar refractivity (Wildman–Crippen MR) is 98.1 cm³/mol. The monoisotopic (exact) mass is 441 g/mol. The van der Waals surface area contributed by atoms with Gasteiger partial charge in [0.15, 0.2) is 11.6 Å². The molecule has 5 nitrogen and oxygen atoms in total. The quantitative estimate of drug-likeness (QED) is 0.636. The van der Waals surface area contributed by atoms with E-state index in [2.05, 4.69) is 5.32 Å². The number of carbonyl (C=O) groups is 3. The predicted octanol–water partition coefficient (Wildman–Crippen LogP) is 5.08. The molecule has 2 N–H and O–H groups in total. The fourth-order valence-corrected chi connectivity index (χ4v) is 1.93. The van der Waals surface area contributed by atoms with Gasteiger partial charge >= 0.3 is 6.18 Å². The van der Waals surface area contributed by atoms with Crippen LogP contribution in [0.25, 0.3) is 0 Å². The van der Waals surface area contributed by atoms with Crippen LogP contribution in [0.15, 0.2) is 30.3 Å². The first-order valence-electron chi connectivity index (χ1n) is 7.28. The molecule has 0 aliphatic carbocycles. The lowest BCUT2D eigenvalue weighted by Gasteiger charge is -2.09. The van der Waals surface area contributed by atoms with E-state index in [1.54, 1.807) is 18.2 Å². The van der Waals surface area contributed by atoms with Crippen molar-refractivity contribution < 1.29 is 41.4 Å². The van der Waals surface area contributed by atoms with Crippen LogP contribution in [0.1, 0.15) is 22.8 Å². The van der Waals surface area contributed by atoms with Crippen molar-refractivity contribution in [1.29, 1.82) is 0 Å². The van der Waals surface area contributed by atoms with Crippen LogP contribution < -0.4 is 5.32 Å². The molecule has 0 heterocycles. The average Bonchev–Trinajstić information content (AvgIpc) is 2.62. The first-order chi connectivity index (χ1) is 13.4. The molecule has 0 saturated heterocycles. The Balaban J connectivity index is 0. The van der Waals surface area contributed by atoms with Gasteiger partial charge in [-0.25, -0.2) is 8.78 Å². The van der Waals surface area contributed by atoms with Crippen LogP contribution in [0.5, 0.6) is 5.75 Å². The number of anilines is 1. The Hall–Kier alpha value is -3.01. The topological polar surface area (TPSA) is 83.5 Å². The van der Waals surface area contributed by atoms with Gasteiger partial charge in [-0.05, 0) is 30.7 Å². The lowest BCUT2D eigenvalue weighted by Crippen LogP contribution is -2.13. The molecule has 0 radical (unpaired) electrons. The number of phenolic OH excluding ortho intramolecular Hbond substituents is 1. The molecule has 0 aromatic heterocycles. The van der Waals surface area contributed by atoms with Crippen molar-refractivity contribution in [3.05, 3.63) is 58.1 Å². The van der Waals surface area contributed by atoms with Crippen molar-refractivity contribution in [2.75, 3.05) is 5.32 Å². The van der Waals surface area contributed by atoms with Crippen LogP contribution in [0, 0.1) is 18.6 Å². The fraction of sp³-hybridized carbons (Fsp3) is 0.167. The molecule has 0 atom stereocenters. The van der Waals surface area contributed by atoms with Gasteiger partial charge in [-0.2, -0.15) is 13.2 Å². The third kappa shape index (κ3) is 11.4. The summed E-state index contributed by atoms with van der Waals surface area (Å²) in [6, 6.07) is 6.14. The van der Waals surface area contributed by atoms with Crippen LogP contribution in [-0.2, 0) is 9.59 Å². The van der Waals surface area contributed by atoms with Gasteiger partial charge < -0.3 is 20.0 Å². The zero-order valence-corrected chi connectivity index (χ0v) is 16.0. The number of phenols is 1. The summed E-state index contributed by atoms with van der Waals surface area (Å²) >= 11 is 5.94. The molecule has 160 valence electrons. The summed E-state index contributed by atoms with van der Waals surface area (Å²) in [5.41, 5.74) is 0.679. The molecule has 11 heteroatoms. The van der Waals surface area contributed by atoms with Crippen LogP contribution in [0.2, 0.25) is 5.02 Å². The molecule has 0 spiro atoms. The summed E-state index contributed by atoms with van der Waals surface area (Å²) < 4.78 is 57.3. The minimum atomic E-state index is -4.00. The number of alkyl halides is 3. The number of hydrogen-bond acceptors (Lipinski definition) is 4. The van der Waals surface area contributed by atoms with Gasteiger partial charge in [-0.1, -0.05) is 17.7 Å². The zero-order chi connectivity index (χ0) is 23.4. The second-order valence-corrected chi connectivity index (χ2v) is 5.41. The van der Waals surface area contributed by atoms with Gasteiger partial charge in [0.1, 0.15) is 19.4 Å². The second kappa shape index (κ2) is 13.2. The normalized spacial score (nSPS) is 9.52. The maximum absolute atomic E-state index is 13.2. The SMILES string of the molecule is C=O.C=O.CC(F)(F)F.Cc1ccc(NC(=O)c2cc(F)cc(F)c2O)c(Cl)c1. The van der Waals surface area contributed by atoms with E-state index in [1.807, 2.05) is 20.5 Å². The molecule has 0 aliphatic heterocycles. The number of amides is 1. The molecule has 29 heavy (non-hydrogen) atoms. The number of halogens is 6. The lowest BCUT2D eigenvalue weighted by molar-refractivity contribution is -0.110. The van der Waals surface area contributed by atoms with E-state index >= 15 is 0 Å². The van der Waals surface area contributed by atoms with E-state index in [0.717, 1.165) is 11.6 Å². The van der Waals surface area contributed by atoms with Crippen LogP contribution in [0.3, 0.4) is 0 Å². The highest BCUT2D eigenvalue weighted by atomic mass is 35.5. The van der Waals surface area contributed by atoms with Crippen molar-refractivity contribution in [1.82, 2.24) is 0 Å². The number of benzene rings is 2. The Kier molecular flexibility index (Phi) is 12.9. The van der Waals surface area contributed by atoms with E-state index in [0.29, 0.717) is 6.07 Å². The number of nitrogens with one attached hydrogen (secondary N) is 1. The third-order valence-electron chi connectivity index (χ3n) is 2.65. The first-order valence-corrected chi connectivity index (χ1v) is 7.66. The van der Waals surface area contributed by atoms with E-state index in [4.69, 9.17) is 21.2 Å². The number of rotatable bonds is 2. The van der Waals surface area contributed by atoms with Crippen LogP contribution in [0.4, 0.5) is 27.6 Å². The molecule has 2 aromatic carbocycles. The molecular weight excluding hydrogens is 425 g/mol. The van der Waals surface area contributed by atoms with Gasteiger partial charge in [0, 0.05) is 13.0 Å². The van der Waals surface area contributed by atoms with Crippen molar-refractivity contribution in [3.8, 4) is 5.75 Å². The summed E-state index contributed by atoms with van der Waals surface area (Å²) in [5.74, 6) is -3.93. The maximum atomic E-state index is 13.2. The van der Waals surface area contributed by atoms with Gasteiger partial charge in [0.05, 0.1) is 16.3 Å². The van der Waals surface area contributed by atoms with E-state index in [-0.39, 0.29) is 17.6 Å². The van der Waals surface area contributed by atoms with E-state index in [1.165, 1.54) is 0 Å². The van der Waals surface area contributed by atoms with E-state index < -0.39 is 35.0 Å². The Labute approximate surface area is 168 Å². The van der Waals surface area contributed by atoms with Gasteiger partial charge in [-0.3, -0.25) is 4.79 Å². The largest absolute Gasteiger partial charge is 0.504 e. The first kappa shape index (κ1) is 28.2. The van der Waals surface area contributed by atoms with Crippen molar-refractivity contribution in [3.63, 3.8) is 0 Å². The van der Waals surface area contributed by atoms with E-state index in [9.17, 15) is 31.9 Å². The van der Waals surface area contributed by atoms with Gasteiger partial charge in [0.2, 0.25) is 0 Å². The van der Waals surface area contributed by atoms with Crippen molar-refractivity contribution >= 4 is 36.8 Å². The minimum absolute atomic E-state index is 0.188. The Morgan fingerprint density at radius 3 is 2.00 bits per heavy atom. The summed E-state index contributed by atoms with van der Waals surface area (Å²) in [5, 5.41) is 12.1. The number of aryl methyl sites for hydroxylation is 1. The molecule has 0 fully saturated rings. The Morgan fingerprint density at radius 1 is 1.07 bits per heavy atom. The standard InChI is InChI=1S/C14H10ClF2NO2.C2H3F3.2CH2O/c1-7-2-3-12(10(15)4-7)18-14(20)9-5-8(16)6-11(17)13(9)19;1-2(3,4)5;2*1-2/h2-6,19H,1H3,(H,18,20);1H3;2*1H2. The highest BCUT2D eigenvalue weighted by Crippen LogP contribution is 2.26. The number of aromatic hydroxyl groups is 1. The van der Waals surface area contributed by atoms with Crippen LogP contribution >= 0.6 is 11.6 Å². The smallest absolute Gasteiger partial charge is 0.386 e. The highest BCUT2D eigenvalue weighted by molar-refractivity contribution is 6.34. The third-order valence-corrected chi connectivity index (χ3v) is 2.96. The Bertz CT molecular complexity index is 808. The molecule has 2 aromatic rings. The lowest BCUT2D eigenvalue weighted by atomic mass is 10.1. The fourth-order valence-electron chi connectivity index (χ4n) is 1.65. The molecule has 0 saturated carbocycles. The van der Waals surface area contributed by atoms with Gasteiger partial charge in [-0.15, -0.1) is 0 Å². The molecule has 1 amide bonds. The number of hydrogen-bond donors (Lipinski definition) is 2. The summed E-state index contributed by atoms with van der Waals surface area (Å²) in [4.78, 5) is 27.9. The Morgan fingerprint density at radius 2 is 1.55 bits per heavy atom. The molecular formula is C18H17ClF5NO4. The zero-order valence-electron chi connectivity index (χ0n) is 15.2. The molecule has 0 aliphatic rings. The summed E-state index contributed by atoms with van der Waals surface area (Å²) in [6.45, 7) is 6.01. The highest BCUT2D eigenvalue weighted by Gasteiger charge is 2.18. The van der Waals surface area contributed by atoms with Gasteiger partial charge in [0.25, 0.3) is 5.91 Å². The molecule has 0 unspecified atom stereocenters. The summed E-state index contributed by atoms with van der Waals surface area (Å²) in [6.07, 6.45) is -4.00. The number of carbonyl (C=O) groups excluding carboxylic acids is 3. The van der Waals surface area contributed by atoms with Crippen molar-refractivity contribution in [2.45, 2.75) is 20.0 Å². The molecule has 2 rings (SSSR count). The van der Waals surface area contributed by atoms with Crippen LogP contribution in [-0.4, -0.2) is 30.8 Å². The average molecular weight is 442 g/mol. The molecule has 0 bridgehead atoms. The minimum Gasteiger partial charge on any atom is -0.504 e. The second-order valence-electron chi connectivity index (χ2n) is 5.00. The van der Waals surface area contributed by atoms with Crippen molar-refractivity contribution in [2.24, 2.45) is 0 Å². The maximum Gasteiger partial charge on any atom is 0.386 e.